The van der Waals surface area contributed by atoms with Gasteiger partial charge in [-0.2, -0.15) is 5.26 Å². The lowest BCUT2D eigenvalue weighted by atomic mass is 10.3. The first-order valence-electron chi connectivity index (χ1n) is 4.92. The van der Waals surface area contributed by atoms with Crippen LogP contribution in [0, 0.1) is 11.3 Å². The Bertz CT molecular complexity index is 434. The molecule has 1 aromatic heterocycles. The third-order valence-electron chi connectivity index (χ3n) is 2.32. The molecule has 0 aromatic carbocycles. The Morgan fingerprint density at radius 3 is 2.94 bits per heavy atom. The van der Waals surface area contributed by atoms with E-state index in [2.05, 4.69) is 10.3 Å². The maximum Gasteiger partial charge on any atom is 0.206 e. The summed E-state index contributed by atoms with van der Waals surface area (Å²) in [5.41, 5.74) is 5.82. The number of aromatic nitrogens is 3. The fourth-order valence-corrected chi connectivity index (χ4v) is 1.58. The second kappa shape index (κ2) is 3.73. The molecule has 16 heavy (non-hydrogen) atoms. The Labute approximate surface area is 92.7 Å². The van der Waals surface area contributed by atoms with Gasteiger partial charge in [-0.15, -0.1) is 5.10 Å². The van der Waals surface area contributed by atoms with E-state index < -0.39 is 5.79 Å². The lowest BCUT2D eigenvalue weighted by Crippen LogP contribution is -2.25. The molecule has 0 aliphatic carbocycles. The number of anilines is 1. The predicted molar refractivity (Wildman–Crippen MR) is 54.1 cm³/mol. The number of rotatable bonds is 2. The molecule has 0 saturated carbocycles. The van der Waals surface area contributed by atoms with Gasteiger partial charge in [0.15, 0.2) is 11.6 Å². The van der Waals surface area contributed by atoms with Crippen LogP contribution >= 0.6 is 0 Å². The molecular weight excluding hydrogens is 210 g/mol. The van der Waals surface area contributed by atoms with Crippen molar-refractivity contribution in [2.75, 3.05) is 12.3 Å². The standard InChI is InChI=1S/C9H13N5O2/c1-9(2)15-5-6(16-9)4-14-8(11)7(3-10)12-13-14/h6H,4-5,11H2,1-2H3. The average molecular weight is 223 g/mol. The molecule has 0 radical (unpaired) electrons. The van der Waals surface area contributed by atoms with Gasteiger partial charge in [0.2, 0.25) is 5.69 Å². The van der Waals surface area contributed by atoms with Crippen LogP contribution in [0.2, 0.25) is 0 Å². The molecule has 1 atom stereocenters. The third-order valence-corrected chi connectivity index (χ3v) is 2.32. The molecule has 2 heterocycles. The number of hydrogen-bond acceptors (Lipinski definition) is 6. The molecule has 1 aliphatic rings. The van der Waals surface area contributed by atoms with E-state index in [0.717, 1.165) is 0 Å². The molecular formula is C9H13N5O2. The van der Waals surface area contributed by atoms with E-state index in [1.165, 1.54) is 4.68 Å². The van der Waals surface area contributed by atoms with Crippen LogP contribution < -0.4 is 5.73 Å². The number of ether oxygens (including phenoxy) is 2. The zero-order valence-corrected chi connectivity index (χ0v) is 9.17. The Morgan fingerprint density at radius 2 is 2.44 bits per heavy atom. The Balaban J connectivity index is 2.06. The van der Waals surface area contributed by atoms with Gasteiger partial charge in [-0.3, -0.25) is 0 Å². The molecule has 0 amide bonds. The highest BCUT2D eigenvalue weighted by molar-refractivity contribution is 5.42. The summed E-state index contributed by atoms with van der Waals surface area (Å²) in [4.78, 5) is 0. The average Bonchev–Trinajstić information content (AvgIpc) is 2.72. The van der Waals surface area contributed by atoms with Crippen molar-refractivity contribution in [2.24, 2.45) is 0 Å². The first-order valence-corrected chi connectivity index (χ1v) is 4.92. The second-order valence-electron chi connectivity index (χ2n) is 4.07. The highest BCUT2D eigenvalue weighted by atomic mass is 16.7. The van der Waals surface area contributed by atoms with E-state index in [1.54, 1.807) is 0 Å². The molecule has 0 bridgehead atoms. The van der Waals surface area contributed by atoms with Gasteiger partial charge in [-0.1, -0.05) is 5.21 Å². The summed E-state index contributed by atoms with van der Waals surface area (Å²) in [6, 6.07) is 1.87. The van der Waals surface area contributed by atoms with Crippen LogP contribution in [0.15, 0.2) is 0 Å². The molecule has 0 spiro atoms. The third kappa shape index (κ3) is 1.98. The number of nitrogens with two attached hydrogens (primary N) is 1. The quantitative estimate of drug-likeness (QED) is 0.750. The first kappa shape index (κ1) is 10.9. The summed E-state index contributed by atoms with van der Waals surface area (Å²) in [5, 5.41) is 16.1. The van der Waals surface area contributed by atoms with Crippen LogP contribution in [0.4, 0.5) is 5.82 Å². The fourth-order valence-electron chi connectivity index (χ4n) is 1.58. The van der Waals surface area contributed by atoms with Gasteiger partial charge >= 0.3 is 0 Å². The minimum absolute atomic E-state index is 0.120. The Kier molecular flexibility index (Phi) is 2.53. The molecule has 1 fully saturated rings. The van der Waals surface area contributed by atoms with Crippen molar-refractivity contribution in [1.29, 1.82) is 5.26 Å². The summed E-state index contributed by atoms with van der Waals surface area (Å²) in [7, 11) is 0. The SMILES string of the molecule is CC1(C)OCC(Cn2nnc(C#N)c2N)O1. The van der Waals surface area contributed by atoms with E-state index in [-0.39, 0.29) is 17.6 Å². The topological polar surface area (TPSA) is 99.0 Å². The molecule has 2 N–H and O–H groups in total. The molecule has 7 heteroatoms. The van der Waals surface area contributed by atoms with Crippen molar-refractivity contribution < 1.29 is 9.47 Å². The van der Waals surface area contributed by atoms with E-state index in [9.17, 15) is 0 Å². The molecule has 86 valence electrons. The lowest BCUT2D eigenvalue weighted by molar-refractivity contribution is -0.139. The summed E-state index contributed by atoms with van der Waals surface area (Å²) in [5.74, 6) is -0.311. The summed E-state index contributed by atoms with van der Waals surface area (Å²) < 4.78 is 12.5. The molecule has 1 unspecified atom stereocenters. The Morgan fingerprint density at radius 1 is 1.69 bits per heavy atom. The van der Waals surface area contributed by atoms with E-state index in [4.69, 9.17) is 20.5 Å². The zero-order valence-electron chi connectivity index (χ0n) is 9.17. The van der Waals surface area contributed by atoms with Crippen LogP contribution in [-0.4, -0.2) is 33.5 Å². The van der Waals surface area contributed by atoms with Crippen LogP contribution in [0.1, 0.15) is 19.5 Å². The predicted octanol–water partition coefficient (Wildman–Crippen LogP) is -0.117. The molecule has 1 saturated heterocycles. The van der Waals surface area contributed by atoms with E-state index in [1.807, 2.05) is 19.9 Å². The maximum atomic E-state index is 8.67. The maximum absolute atomic E-state index is 8.67. The monoisotopic (exact) mass is 223 g/mol. The first-order chi connectivity index (χ1) is 7.52. The largest absolute Gasteiger partial charge is 0.381 e. The normalized spacial score (nSPS) is 23.2. The van der Waals surface area contributed by atoms with Gasteiger partial charge in [0.1, 0.15) is 12.2 Å². The van der Waals surface area contributed by atoms with Crippen molar-refractivity contribution >= 4 is 5.82 Å². The van der Waals surface area contributed by atoms with Crippen LogP contribution in [0.25, 0.3) is 0 Å². The highest BCUT2D eigenvalue weighted by Gasteiger charge is 2.33. The zero-order chi connectivity index (χ0) is 11.8. The van der Waals surface area contributed by atoms with Crippen molar-refractivity contribution in [1.82, 2.24) is 15.0 Å². The van der Waals surface area contributed by atoms with Gasteiger partial charge in [-0.05, 0) is 13.8 Å². The van der Waals surface area contributed by atoms with Crippen LogP contribution in [0.5, 0.6) is 0 Å². The summed E-state index contributed by atoms with van der Waals surface area (Å²) in [6.45, 7) is 4.61. The second-order valence-corrected chi connectivity index (χ2v) is 4.07. The van der Waals surface area contributed by atoms with E-state index >= 15 is 0 Å². The van der Waals surface area contributed by atoms with Gasteiger partial charge in [0, 0.05) is 0 Å². The fraction of sp³-hybridized carbons (Fsp3) is 0.667. The summed E-state index contributed by atoms with van der Waals surface area (Å²) in [6.07, 6.45) is -0.120. The number of nitrogen functional groups attached to an aromatic ring is 1. The number of nitriles is 1. The smallest absolute Gasteiger partial charge is 0.206 e. The number of nitrogens with zero attached hydrogens (tertiary/aromatic N) is 4. The van der Waals surface area contributed by atoms with Gasteiger partial charge < -0.3 is 15.2 Å². The van der Waals surface area contributed by atoms with Gasteiger partial charge in [-0.25, -0.2) is 4.68 Å². The summed E-state index contributed by atoms with van der Waals surface area (Å²) >= 11 is 0. The highest BCUT2D eigenvalue weighted by Crippen LogP contribution is 2.23. The van der Waals surface area contributed by atoms with Crippen LogP contribution in [0.3, 0.4) is 0 Å². The van der Waals surface area contributed by atoms with Crippen molar-refractivity contribution in [3.8, 4) is 6.07 Å². The molecule has 7 nitrogen and oxygen atoms in total. The Hall–Kier alpha value is -1.65. The van der Waals surface area contributed by atoms with Crippen molar-refractivity contribution in [2.45, 2.75) is 32.3 Å². The minimum Gasteiger partial charge on any atom is -0.381 e. The molecule has 1 aromatic rings. The minimum atomic E-state index is -0.571. The van der Waals surface area contributed by atoms with Crippen LogP contribution in [-0.2, 0) is 16.0 Å². The van der Waals surface area contributed by atoms with Crippen molar-refractivity contribution in [3.63, 3.8) is 0 Å². The molecule has 2 rings (SSSR count). The lowest BCUT2D eigenvalue weighted by Gasteiger charge is -2.17. The van der Waals surface area contributed by atoms with Gasteiger partial charge in [0.05, 0.1) is 13.2 Å². The van der Waals surface area contributed by atoms with E-state index in [0.29, 0.717) is 13.2 Å². The van der Waals surface area contributed by atoms with Gasteiger partial charge in [0.25, 0.3) is 0 Å². The molecule has 1 aliphatic heterocycles. The van der Waals surface area contributed by atoms with Crippen molar-refractivity contribution in [3.05, 3.63) is 5.69 Å². The number of hydrogen-bond donors (Lipinski definition) is 1.